The Balaban J connectivity index is 1.59. The third kappa shape index (κ3) is 3.82. The molecule has 1 aliphatic rings. The first kappa shape index (κ1) is 17.0. The summed E-state index contributed by atoms with van der Waals surface area (Å²) in [6.45, 7) is 4.38. The summed E-state index contributed by atoms with van der Waals surface area (Å²) in [5.74, 6) is 1.65. The molecule has 5 nitrogen and oxygen atoms in total. The standard InChI is InChI=1S/C18H21BrN2O3/c1-18(11-20)8-9-21(12-18)17(22)16-7-6-15(24-16)10-23-14-4-2-13(19)3-5-14/h2-7H,8-12,20H2,1H3. The van der Waals surface area contributed by atoms with E-state index in [1.165, 1.54) is 0 Å². The summed E-state index contributed by atoms with van der Waals surface area (Å²) in [7, 11) is 0. The minimum Gasteiger partial charge on any atom is -0.486 e. The predicted octanol–water partition coefficient (Wildman–Crippen LogP) is 3.43. The molecule has 24 heavy (non-hydrogen) atoms. The first-order valence-corrected chi connectivity index (χ1v) is 8.75. The van der Waals surface area contributed by atoms with E-state index in [0.29, 0.717) is 24.6 Å². The Hall–Kier alpha value is -1.79. The van der Waals surface area contributed by atoms with Gasteiger partial charge in [0, 0.05) is 17.6 Å². The first-order valence-electron chi connectivity index (χ1n) is 7.95. The van der Waals surface area contributed by atoms with E-state index >= 15 is 0 Å². The molecule has 1 aromatic carbocycles. The van der Waals surface area contributed by atoms with Crippen LogP contribution in [0.3, 0.4) is 0 Å². The van der Waals surface area contributed by atoms with E-state index in [9.17, 15) is 4.79 Å². The van der Waals surface area contributed by atoms with Crippen molar-refractivity contribution in [3.05, 3.63) is 52.4 Å². The first-order chi connectivity index (χ1) is 11.5. The van der Waals surface area contributed by atoms with Crippen LogP contribution in [0.4, 0.5) is 0 Å². The van der Waals surface area contributed by atoms with Gasteiger partial charge >= 0.3 is 0 Å². The highest BCUT2D eigenvalue weighted by molar-refractivity contribution is 9.10. The van der Waals surface area contributed by atoms with Crippen LogP contribution in [0.1, 0.15) is 29.7 Å². The van der Waals surface area contributed by atoms with Crippen molar-refractivity contribution < 1.29 is 13.9 Å². The maximum Gasteiger partial charge on any atom is 0.289 e. The van der Waals surface area contributed by atoms with E-state index in [4.69, 9.17) is 14.9 Å². The number of halogens is 1. The molecule has 1 aliphatic heterocycles. The van der Waals surface area contributed by atoms with Crippen LogP contribution in [0.15, 0.2) is 45.3 Å². The van der Waals surface area contributed by atoms with Gasteiger partial charge < -0.3 is 19.8 Å². The number of nitrogens with two attached hydrogens (primary N) is 1. The summed E-state index contributed by atoms with van der Waals surface area (Å²) in [5.41, 5.74) is 5.81. The van der Waals surface area contributed by atoms with Gasteiger partial charge in [-0.15, -0.1) is 0 Å². The van der Waals surface area contributed by atoms with Gasteiger partial charge in [0.2, 0.25) is 0 Å². The van der Waals surface area contributed by atoms with Gasteiger partial charge in [0.25, 0.3) is 5.91 Å². The van der Waals surface area contributed by atoms with Gasteiger partial charge in [-0.05, 0) is 54.8 Å². The Labute approximate surface area is 149 Å². The molecule has 3 rings (SSSR count). The smallest absolute Gasteiger partial charge is 0.289 e. The lowest BCUT2D eigenvalue weighted by Gasteiger charge is -2.21. The number of hydrogen-bond donors (Lipinski definition) is 1. The van der Waals surface area contributed by atoms with Crippen molar-refractivity contribution in [2.75, 3.05) is 19.6 Å². The molecule has 0 spiro atoms. The molecule has 2 N–H and O–H groups in total. The molecule has 1 fully saturated rings. The van der Waals surface area contributed by atoms with Crippen LogP contribution >= 0.6 is 15.9 Å². The Kier molecular flexibility index (Phi) is 4.96. The summed E-state index contributed by atoms with van der Waals surface area (Å²) in [6.07, 6.45) is 0.926. The minimum atomic E-state index is -0.0814. The predicted molar refractivity (Wildman–Crippen MR) is 94.9 cm³/mol. The molecule has 1 saturated heterocycles. The van der Waals surface area contributed by atoms with Gasteiger partial charge in [-0.3, -0.25) is 4.79 Å². The molecule has 1 atom stereocenters. The van der Waals surface area contributed by atoms with Crippen LogP contribution < -0.4 is 10.5 Å². The molecule has 1 unspecified atom stereocenters. The number of likely N-dealkylation sites (tertiary alicyclic amines) is 1. The zero-order valence-electron chi connectivity index (χ0n) is 13.6. The van der Waals surface area contributed by atoms with Crippen LogP contribution in [0.2, 0.25) is 0 Å². The van der Waals surface area contributed by atoms with E-state index in [1.54, 1.807) is 12.1 Å². The van der Waals surface area contributed by atoms with Gasteiger partial charge in [0.15, 0.2) is 5.76 Å². The number of nitrogens with zero attached hydrogens (tertiary/aromatic N) is 1. The molecule has 1 aromatic heterocycles. The number of ether oxygens (including phenoxy) is 1. The number of hydrogen-bond acceptors (Lipinski definition) is 4. The van der Waals surface area contributed by atoms with Crippen LogP contribution in [0.25, 0.3) is 0 Å². The minimum absolute atomic E-state index is 0.00970. The molecule has 6 heteroatoms. The second-order valence-corrected chi connectivity index (χ2v) is 7.42. The lowest BCUT2D eigenvalue weighted by molar-refractivity contribution is 0.0741. The lowest BCUT2D eigenvalue weighted by atomic mass is 9.90. The Morgan fingerprint density at radius 3 is 2.75 bits per heavy atom. The lowest BCUT2D eigenvalue weighted by Crippen LogP contribution is -2.34. The highest BCUT2D eigenvalue weighted by Gasteiger charge is 2.36. The molecular formula is C18H21BrN2O3. The summed E-state index contributed by atoms with van der Waals surface area (Å²) < 4.78 is 12.3. The number of benzene rings is 1. The second-order valence-electron chi connectivity index (χ2n) is 6.50. The van der Waals surface area contributed by atoms with Gasteiger partial charge in [0.1, 0.15) is 18.1 Å². The average molecular weight is 393 g/mol. The molecule has 0 saturated carbocycles. The van der Waals surface area contributed by atoms with Crippen molar-refractivity contribution in [2.45, 2.75) is 20.0 Å². The summed E-state index contributed by atoms with van der Waals surface area (Å²) >= 11 is 3.38. The number of furan rings is 1. The van der Waals surface area contributed by atoms with Gasteiger partial charge in [-0.1, -0.05) is 22.9 Å². The zero-order chi connectivity index (χ0) is 17.2. The Morgan fingerprint density at radius 1 is 1.33 bits per heavy atom. The molecule has 2 aromatic rings. The molecule has 0 radical (unpaired) electrons. The molecule has 0 bridgehead atoms. The maximum atomic E-state index is 12.5. The fraction of sp³-hybridized carbons (Fsp3) is 0.389. The number of rotatable bonds is 5. The SMILES string of the molecule is CC1(CN)CCN(C(=O)c2ccc(COc3ccc(Br)cc3)o2)C1. The van der Waals surface area contributed by atoms with Crippen LogP contribution in [0.5, 0.6) is 5.75 Å². The van der Waals surface area contributed by atoms with Crippen molar-refractivity contribution in [1.29, 1.82) is 0 Å². The van der Waals surface area contributed by atoms with Crippen molar-refractivity contribution >= 4 is 21.8 Å². The molecule has 0 aliphatic carbocycles. The third-order valence-corrected chi connectivity index (χ3v) is 4.93. The monoisotopic (exact) mass is 392 g/mol. The largest absolute Gasteiger partial charge is 0.486 e. The number of amides is 1. The van der Waals surface area contributed by atoms with Crippen LogP contribution in [0, 0.1) is 5.41 Å². The maximum absolute atomic E-state index is 12.5. The van der Waals surface area contributed by atoms with Gasteiger partial charge in [-0.25, -0.2) is 0 Å². The molecular weight excluding hydrogens is 372 g/mol. The summed E-state index contributed by atoms with van der Waals surface area (Å²) in [5, 5.41) is 0. The van der Waals surface area contributed by atoms with E-state index < -0.39 is 0 Å². The average Bonchev–Trinajstić information content (AvgIpc) is 3.21. The Morgan fingerprint density at radius 2 is 2.08 bits per heavy atom. The quantitative estimate of drug-likeness (QED) is 0.845. The topological polar surface area (TPSA) is 68.7 Å². The van der Waals surface area contributed by atoms with Gasteiger partial charge in [-0.2, -0.15) is 0 Å². The zero-order valence-corrected chi connectivity index (χ0v) is 15.2. The fourth-order valence-electron chi connectivity index (χ4n) is 2.78. The van der Waals surface area contributed by atoms with Crippen LogP contribution in [-0.4, -0.2) is 30.4 Å². The Bertz CT molecular complexity index is 713. The normalized spacial score (nSPS) is 20.4. The highest BCUT2D eigenvalue weighted by atomic mass is 79.9. The fourth-order valence-corrected chi connectivity index (χ4v) is 3.04. The van der Waals surface area contributed by atoms with Gasteiger partial charge in [0.05, 0.1) is 0 Å². The van der Waals surface area contributed by atoms with Crippen molar-refractivity contribution in [3.63, 3.8) is 0 Å². The second kappa shape index (κ2) is 6.99. The molecule has 2 heterocycles. The van der Waals surface area contributed by atoms with E-state index in [0.717, 1.165) is 23.2 Å². The van der Waals surface area contributed by atoms with E-state index in [2.05, 4.69) is 22.9 Å². The molecule has 128 valence electrons. The number of carbonyl (C=O) groups is 1. The van der Waals surface area contributed by atoms with E-state index in [1.807, 2.05) is 29.2 Å². The summed E-state index contributed by atoms with van der Waals surface area (Å²) in [4.78, 5) is 14.3. The number of carbonyl (C=O) groups excluding carboxylic acids is 1. The third-order valence-electron chi connectivity index (χ3n) is 4.41. The van der Waals surface area contributed by atoms with Crippen LogP contribution in [-0.2, 0) is 6.61 Å². The molecule has 1 amide bonds. The van der Waals surface area contributed by atoms with Crippen molar-refractivity contribution in [1.82, 2.24) is 4.90 Å². The summed E-state index contributed by atoms with van der Waals surface area (Å²) in [6, 6.07) is 11.1. The van der Waals surface area contributed by atoms with Crippen molar-refractivity contribution in [3.8, 4) is 5.75 Å². The highest BCUT2D eigenvalue weighted by Crippen LogP contribution is 2.29. The van der Waals surface area contributed by atoms with Crippen molar-refractivity contribution in [2.24, 2.45) is 11.1 Å². The van der Waals surface area contributed by atoms with E-state index in [-0.39, 0.29) is 17.9 Å².